The Hall–Kier alpha value is -2.09. The molecule has 8 heteroatoms. The highest BCUT2D eigenvalue weighted by Gasteiger charge is 2.25. The molecule has 0 bridgehead atoms. The zero-order valence-corrected chi connectivity index (χ0v) is 16.1. The van der Waals surface area contributed by atoms with Gasteiger partial charge in [-0.1, -0.05) is 41.9 Å². The normalized spacial score (nSPS) is 12.4. The van der Waals surface area contributed by atoms with Crippen LogP contribution in [0.5, 0.6) is 5.75 Å². The van der Waals surface area contributed by atoms with Crippen LogP contribution in [0, 0.1) is 0 Å². The molecule has 0 unspecified atom stereocenters. The van der Waals surface area contributed by atoms with Gasteiger partial charge in [-0.3, -0.25) is 4.79 Å². The average molecular weight is 397 g/mol. The Kier molecular flexibility index (Phi) is 7.02. The molecule has 0 aromatic heterocycles. The maximum absolute atomic E-state index is 12.5. The van der Waals surface area contributed by atoms with Crippen molar-refractivity contribution in [2.24, 2.45) is 0 Å². The minimum Gasteiger partial charge on any atom is -0.495 e. The fraction of sp³-hybridized carbons (Fsp3) is 0.278. The molecule has 0 heterocycles. The molecule has 0 aliphatic heterocycles. The molecule has 0 saturated heterocycles. The van der Waals surface area contributed by atoms with Gasteiger partial charge in [0.25, 0.3) is 0 Å². The summed E-state index contributed by atoms with van der Waals surface area (Å²) >= 11 is 5.88. The smallest absolute Gasteiger partial charge is 0.245 e. The van der Waals surface area contributed by atoms with Gasteiger partial charge in [-0.15, -0.1) is 0 Å². The zero-order valence-electron chi connectivity index (χ0n) is 14.5. The van der Waals surface area contributed by atoms with Crippen molar-refractivity contribution in [3.05, 3.63) is 59.1 Å². The molecule has 0 radical (unpaired) electrons. The monoisotopic (exact) mass is 396 g/mol. The van der Waals surface area contributed by atoms with E-state index in [1.165, 1.54) is 32.2 Å². The molecule has 2 aromatic carbocycles. The quantitative estimate of drug-likeness (QED) is 0.717. The highest BCUT2D eigenvalue weighted by atomic mass is 35.5. The number of ether oxygens (including phenoxy) is 1. The fourth-order valence-electron chi connectivity index (χ4n) is 2.34. The Morgan fingerprint density at radius 3 is 2.54 bits per heavy atom. The zero-order chi connectivity index (χ0) is 19.2. The van der Waals surface area contributed by atoms with E-state index < -0.39 is 22.0 Å². The van der Waals surface area contributed by atoms with Crippen LogP contribution in [0.2, 0.25) is 5.02 Å². The van der Waals surface area contributed by atoms with E-state index in [0.29, 0.717) is 13.0 Å². The molecule has 6 nitrogen and oxygen atoms in total. The second kappa shape index (κ2) is 9.02. The summed E-state index contributed by atoms with van der Waals surface area (Å²) in [5.74, 6) is -0.260. The Labute approximate surface area is 158 Å². The molecular formula is C18H21ClN2O4S. The molecule has 1 atom stereocenters. The summed E-state index contributed by atoms with van der Waals surface area (Å²) in [6.07, 6.45) is 0.661. The van der Waals surface area contributed by atoms with Gasteiger partial charge in [0.15, 0.2) is 0 Å². The minimum atomic E-state index is -3.97. The number of amides is 1. The van der Waals surface area contributed by atoms with Gasteiger partial charge in [0.05, 0.1) is 13.2 Å². The molecule has 0 fully saturated rings. The lowest BCUT2D eigenvalue weighted by atomic mass is 10.1. The van der Waals surface area contributed by atoms with Gasteiger partial charge in [-0.05, 0) is 37.1 Å². The van der Waals surface area contributed by atoms with Crippen molar-refractivity contribution in [3.8, 4) is 5.75 Å². The molecule has 0 aliphatic rings. The van der Waals surface area contributed by atoms with E-state index in [0.717, 1.165) is 5.56 Å². The van der Waals surface area contributed by atoms with Crippen LogP contribution in [0.3, 0.4) is 0 Å². The van der Waals surface area contributed by atoms with Gasteiger partial charge in [0.2, 0.25) is 15.9 Å². The predicted octanol–water partition coefficient (Wildman–Crippen LogP) is 2.37. The van der Waals surface area contributed by atoms with E-state index in [1.54, 1.807) is 0 Å². The van der Waals surface area contributed by atoms with Crippen LogP contribution in [0.15, 0.2) is 53.4 Å². The van der Waals surface area contributed by atoms with Crippen LogP contribution in [0.25, 0.3) is 0 Å². The summed E-state index contributed by atoms with van der Waals surface area (Å²) in [5.41, 5.74) is 1.09. The van der Waals surface area contributed by atoms with Crippen LogP contribution < -0.4 is 14.8 Å². The highest BCUT2D eigenvalue weighted by Crippen LogP contribution is 2.27. The van der Waals surface area contributed by atoms with Gasteiger partial charge in [0.1, 0.15) is 10.6 Å². The lowest BCUT2D eigenvalue weighted by molar-refractivity contribution is -0.122. The SMILES string of the molecule is COc1ccc(Cl)cc1S(=O)(=O)N[C@@H](C)C(=O)NCCc1ccccc1. The van der Waals surface area contributed by atoms with Gasteiger partial charge < -0.3 is 10.1 Å². The van der Waals surface area contributed by atoms with Crippen molar-refractivity contribution in [2.45, 2.75) is 24.3 Å². The lowest BCUT2D eigenvalue weighted by Crippen LogP contribution is -2.45. The van der Waals surface area contributed by atoms with Crippen molar-refractivity contribution in [3.63, 3.8) is 0 Å². The summed E-state index contributed by atoms with van der Waals surface area (Å²) in [5, 5.41) is 2.98. The number of rotatable bonds is 8. The first-order valence-corrected chi connectivity index (χ1v) is 9.87. The first-order chi connectivity index (χ1) is 12.3. The van der Waals surface area contributed by atoms with Gasteiger partial charge in [0, 0.05) is 11.6 Å². The van der Waals surface area contributed by atoms with Crippen LogP contribution in [0.4, 0.5) is 0 Å². The Morgan fingerprint density at radius 2 is 1.88 bits per heavy atom. The van der Waals surface area contributed by atoms with Crippen molar-refractivity contribution in [2.75, 3.05) is 13.7 Å². The second-order valence-corrected chi connectivity index (χ2v) is 7.78. The number of hydrogen-bond acceptors (Lipinski definition) is 4. The van der Waals surface area contributed by atoms with Gasteiger partial charge >= 0.3 is 0 Å². The molecular weight excluding hydrogens is 376 g/mol. The fourth-order valence-corrected chi connectivity index (χ4v) is 3.97. The van der Waals surface area contributed by atoms with E-state index in [2.05, 4.69) is 10.0 Å². The third kappa shape index (κ3) is 5.45. The number of nitrogens with one attached hydrogen (secondary N) is 2. The second-order valence-electron chi connectivity index (χ2n) is 5.66. The summed E-state index contributed by atoms with van der Waals surface area (Å²) in [6.45, 7) is 1.89. The van der Waals surface area contributed by atoms with Gasteiger partial charge in [-0.2, -0.15) is 4.72 Å². The van der Waals surface area contributed by atoms with E-state index in [-0.39, 0.29) is 15.7 Å². The first-order valence-electron chi connectivity index (χ1n) is 8.01. The largest absolute Gasteiger partial charge is 0.495 e. The molecule has 0 saturated carbocycles. The number of benzene rings is 2. The van der Waals surface area contributed by atoms with E-state index >= 15 is 0 Å². The number of sulfonamides is 1. The molecule has 0 spiro atoms. The molecule has 140 valence electrons. The summed E-state index contributed by atoms with van der Waals surface area (Å²) in [4.78, 5) is 12.1. The third-order valence-electron chi connectivity index (χ3n) is 3.70. The highest BCUT2D eigenvalue weighted by molar-refractivity contribution is 7.89. The van der Waals surface area contributed by atoms with Crippen LogP contribution >= 0.6 is 11.6 Å². The predicted molar refractivity (Wildman–Crippen MR) is 101 cm³/mol. The maximum atomic E-state index is 12.5. The summed E-state index contributed by atoms with van der Waals surface area (Å²) < 4.78 is 32.5. The lowest BCUT2D eigenvalue weighted by Gasteiger charge is -2.16. The topological polar surface area (TPSA) is 84.5 Å². The number of carbonyl (C=O) groups is 1. The molecule has 1 amide bonds. The third-order valence-corrected chi connectivity index (χ3v) is 5.49. The number of halogens is 1. The van der Waals surface area contributed by atoms with Crippen molar-refractivity contribution >= 4 is 27.5 Å². The Bertz CT molecular complexity index is 857. The van der Waals surface area contributed by atoms with Crippen molar-refractivity contribution in [1.29, 1.82) is 0 Å². The molecule has 2 aromatic rings. The van der Waals surface area contributed by atoms with Crippen molar-refractivity contribution < 1.29 is 17.9 Å². The average Bonchev–Trinajstić information content (AvgIpc) is 2.62. The minimum absolute atomic E-state index is 0.114. The summed E-state index contributed by atoms with van der Waals surface area (Å²) in [6, 6.07) is 13.0. The number of hydrogen-bond donors (Lipinski definition) is 2. The summed E-state index contributed by atoms with van der Waals surface area (Å²) in [7, 11) is -2.60. The molecule has 0 aliphatic carbocycles. The van der Waals surface area contributed by atoms with Crippen LogP contribution in [-0.2, 0) is 21.2 Å². The van der Waals surface area contributed by atoms with Crippen LogP contribution in [0.1, 0.15) is 12.5 Å². The van der Waals surface area contributed by atoms with Crippen LogP contribution in [-0.4, -0.2) is 34.0 Å². The maximum Gasteiger partial charge on any atom is 0.245 e. The van der Waals surface area contributed by atoms with E-state index in [1.807, 2.05) is 30.3 Å². The number of carbonyl (C=O) groups excluding carboxylic acids is 1. The number of methoxy groups -OCH3 is 1. The molecule has 2 rings (SSSR count). The van der Waals surface area contributed by atoms with E-state index in [4.69, 9.17) is 16.3 Å². The molecule has 26 heavy (non-hydrogen) atoms. The first kappa shape index (κ1) is 20.2. The van der Waals surface area contributed by atoms with E-state index in [9.17, 15) is 13.2 Å². The van der Waals surface area contributed by atoms with Gasteiger partial charge in [-0.25, -0.2) is 8.42 Å². The van der Waals surface area contributed by atoms with Crippen molar-refractivity contribution in [1.82, 2.24) is 10.0 Å². The standard InChI is InChI=1S/C18H21ClN2O4S/c1-13(18(22)20-11-10-14-6-4-3-5-7-14)21-26(23,24)17-12-15(19)8-9-16(17)25-2/h3-9,12-13,21H,10-11H2,1-2H3,(H,20,22)/t13-/m0/s1. The molecule has 2 N–H and O–H groups in total. The Morgan fingerprint density at radius 1 is 1.19 bits per heavy atom. The Balaban J connectivity index is 1.98.